The fourth-order valence-corrected chi connectivity index (χ4v) is 3.35. The Labute approximate surface area is 159 Å². The van der Waals surface area contributed by atoms with Crippen LogP contribution in [-0.4, -0.2) is 25.3 Å². The summed E-state index contributed by atoms with van der Waals surface area (Å²) in [7, 11) is 1.59. The van der Waals surface area contributed by atoms with E-state index in [1.807, 2.05) is 12.1 Å². The van der Waals surface area contributed by atoms with Gasteiger partial charge in [-0.15, -0.1) is 0 Å². The first-order valence-electron chi connectivity index (χ1n) is 8.38. The molecule has 1 aliphatic heterocycles. The molecule has 0 spiro atoms. The molecule has 1 fully saturated rings. The highest BCUT2D eigenvalue weighted by Gasteiger charge is 2.11. The van der Waals surface area contributed by atoms with E-state index in [4.69, 9.17) is 28.6 Å². The maximum absolute atomic E-state index is 6.12. The lowest BCUT2D eigenvalue weighted by Gasteiger charge is -2.18. The Morgan fingerprint density at radius 2 is 1.88 bits per heavy atom. The third-order valence-electron chi connectivity index (χ3n) is 4.27. The molecule has 1 aliphatic rings. The predicted molar refractivity (Wildman–Crippen MR) is 109 cm³/mol. The molecule has 25 heavy (non-hydrogen) atoms. The van der Waals surface area contributed by atoms with Crippen LogP contribution in [0.3, 0.4) is 0 Å². The Hall–Kier alpha value is -1.98. The van der Waals surface area contributed by atoms with Gasteiger partial charge in [0.2, 0.25) is 0 Å². The van der Waals surface area contributed by atoms with Crippen LogP contribution in [0.5, 0.6) is 5.75 Å². The van der Waals surface area contributed by atoms with Crippen LogP contribution < -0.4 is 20.3 Å². The Balaban J connectivity index is 1.51. The predicted octanol–water partition coefficient (Wildman–Crippen LogP) is 4.44. The molecule has 6 heteroatoms. The molecule has 3 rings (SSSR count). The number of anilines is 2. The van der Waals surface area contributed by atoms with Crippen molar-refractivity contribution in [3.8, 4) is 5.75 Å². The number of rotatable bonds is 5. The monoisotopic (exact) mass is 375 g/mol. The average Bonchev–Trinajstić information content (AvgIpc) is 3.15. The average molecular weight is 376 g/mol. The van der Waals surface area contributed by atoms with E-state index in [0.29, 0.717) is 22.4 Å². The lowest BCUT2D eigenvalue weighted by molar-refractivity contribution is 0.415. The number of methoxy groups -OCH3 is 1. The second kappa shape index (κ2) is 8.41. The van der Waals surface area contributed by atoms with E-state index in [9.17, 15) is 0 Å². The first kappa shape index (κ1) is 17.8. The van der Waals surface area contributed by atoms with Crippen molar-refractivity contribution in [2.24, 2.45) is 0 Å². The van der Waals surface area contributed by atoms with Gasteiger partial charge in [-0.1, -0.05) is 23.7 Å². The van der Waals surface area contributed by atoms with Gasteiger partial charge in [0.25, 0.3) is 0 Å². The lowest BCUT2D eigenvalue weighted by atomic mass is 10.2. The lowest BCUT2D eigenvalue weighted by Crippen LogP contribution is -2.27. The minimum absolute atomic E-state index is 0.549. The van der Waals surface area contributed by atoms with Crippen molar-refractivity contribution in [3.05, 3.63) is 53.1 Å². The summed E-state index contributed by atoms with van der Waals surface area (Å²) in [6, 6.07) is 14.1. The van der Waals surface area contributed by atoms with E-state index < -0.39 is 0 Å². The maximum atomic E-state index is 6.12. The van der Waals surface area contributed by atoms with E-state index >= 15 is 0 Å². The van der Waals surface area contributed by atoms with Crippen LogP contribution in [0.4, 0.5) is 11.4 Å². The molecular formula is C19H22ClN3OS. The van der Waals surface area contributed by atoms with E-state index in [1.54, 1.807) is 13.2 Å². The molecule has 2 N–H and O–H groups in total. The molecular weight excluding hydrogens is 354 g/mol. The highest BCUT2D eigenvalue weighted by Crippen LogP contribution is 2.27. The number of ether oxygens (including phenoxy) is 1. The van der Waals surface area contributed by atoms with E-state index in [0.717, 1.165) is 18.8 Å². The van der Waals surface area contributed by atoms with Crippen molar-refractivity contribution in [1.29, 1.82) is 0 Å². The van der Waals surface area contributed by atoms with Gasteiger partial charge >= 0.3 is 0 Å². The third kappa shape index (κ3) is 4.77. The Morgan fingerprint density at radius 3 is 2.52 bits per heavy atom. The number of nitrogens with zero attached hydrogens (tertiary/aromatic N) is 1. The van der Waals surface area contributed by atoms with Crippen LogP contribution in [0.1, 0.15) is 18.4 Å². The molecule has 0 saturated carbocycles. The second-order valence-electron chi connectivity index (χ2n) is 6.02. The SMILES string of the molecule is COc1ccc(NC(=S)NCc2ccc(N3CCCC3)cc2)cc1Cl. The van der Waals surface area contributed by atoms with Crippen LogP contribution >= 0.6 is 23.8 Å². The van der Waals surface area contributed by atoms with E-state index in [2.05, 4.69) is 39.8 Å². The van der Waals surface area contributed by atoms with Crippen molar-refractivity contribution >= 4 is 40.3 Å². The number of hydrogen-bond donors (Lipinski definition) is 2. The molecule has 0 atom stereocenters. The summed E-state index contributed by atoms with van der Waals surface area (Å²) < 4.78 is 5.15. The Bertz CT molecular complexity index is 730. The molecule has 0 radical (unpaired) electrons. The van der Waals surface area contributed by atoms with Gasteiger partial charge in [-0.2, -0.15) is 0 Å². The minimum atomic E-state index is 0.549. The zero-order chi connectivity index (χ0) is 17.6. The number of benzene rings is 2. The van der Waals surface area contributed by atoms with Gasteiger partial charge in [-0.05, 0) is 61.0 Å². The van der Waals surface area contributed by atoms with Crippen molar-refractivity contribution in [2.45, 2.75) is 19.4 Å². The van der Waals surface area contributed by atoms with Crippen LogP contribution in [-0.2, 0) is 6.54 Å². The molecule has 1 heterocycles. The fourth-order valence-electron chi connectivity index (χ4n) is 2.90. The Kier molecular flexibility index (Phi) is 6.00. The molecule has 2 aromatic rings. The summed E-state index contributed by atoms with van der Waals surface area (Å²) in [5.74, 6) is 0.643. The quantitative estimate of drug-likeness (QED) is 0.756. The first-order valence-corrected chi connectivity index (χ1v) is 9.16. The van der Waals surface area contributed by atoms with Gasteiger partial charge in [-0.25, -0.2) is 0 Å². The zero-order valence-corrected chi connectivity index (χ0v) is 15.8. The fraction of sp³-hybridized carbons (Fsp3) is 0.316. The molecule has 0 bridgehead atoms. The summed E-state index contributed by atoms with van der Waals surface area (Å²) in [6.45, 7) is 3.00. The minimum Gasteiger partial charge on any atom is -0.495 e. The van der Waals surface area contributed by atoms with Crippen LogP contribution in [0, 0.1) is 0 Å². The normalized spacial score (nSPS) is 13.6. The molecule has 2 aromatic carbocycles. The maximum Gasteiger partial charge on any atom is 0.171 e. The van der Waals surface area contributed by atoms with Gasteiger partial charge < -0.3 is 20.3 Å². The highest BCUT2D eigenvalue weighted by atomic mass is 35.5. The zero-order valence-electron chi connectivity index (χ0n) is 14.2. The van der Waals surface area contributed by atoms with Gasteiger partial charge in [-0.3, -0.25) is 0 Å². The standard InChI is InChI=1S/C19H22ClN3OS/c1-24-18-9-6-15(12-17(18)20)22-19(25)21-13-14-4-7-16(8-5-14)23-10-2-3-11-23/h4-9,12H,2-3,10-11,13H2,1H3,(H2,21,22,25). The second-order valence-corrected chi connectivity index (χ2v) is 6.83. The van der Waals surface area contributed by atoms with Gasteiger partial charge in [0.15, 0.2) is 5.11 Å². The smallest absolute Gasteiger partial charge is 0.171 e. The number of halogens is 1. The van der Waals surface area contributed by atoms with Crippen molar-refractivity contribution in [1.82, 2.24) is 5.32 Å². The molecule has 0 amide bonds. The molecule has 0 aromatic heterocycles. The number of nitrogens with one attached hydrogen (secondary N) is 2. The summed E-state index contributed by atoms with van der Waals surface area (Å²) in [5, 5.41) is 7.46. The van der Waals surface area contributed by atoms with Crippen molar-refractivity contribution < 1.29 is 4.74 Å². The van der Waals surface area contributed by atoms with Gasteiger partial charge in [0.05, 0.1) is 12.1 Å². The molecule has 0 aliphatic carbocycles. The van der Waals surface area contributed by atoms with E-state index in [-0.39, 0.29) is 0 Å². The topological polar surface area (TPSA) is 36.5 Å². The van der Waals surface area contributed by atoms with Crippen LogP contribution in [0.25, 0.3) is 0 Å². The van der Waals surface area contributed by atoms with Gasteiger partial charge in [0, 0.05) is 31.0 Å². The number of thiocarbonyl (C=S) groups is 1. The molecule has 132 valence electrons. The van der Waals surface area contributed by atoms with Gasteiger partial charge in [0.1, 0.15) is 5.75 Å². The first-order chi connectivity index (χ1) is 12.2. The van der Waals surface area contributed by atoms with Crippen molar-refractivity contribution in [3.63, 3.8) is 0 Å². The Morgan fingerprint density at radius 1 is 1.16 bits per heavy atom. The summed E-state index contributed by atoms with van der Waals surface area (Å²) in [5.41, 5.74) is 3.32. The van der Waals surface area contributed by atoms with E-state index in [1.165, 1.54) is 24.1 Å². The van der Waals surface area contributed by atoms with Crippen LogP contribution in [0.2, 0.25) is 5.02 Å². The largest absolute Gasteiger partial charge is 0.495 e. The molecule has 4 nitrogen and oxygen atoms in total. The summed E-state index contributed by atoms with van der Waals surface area (Å²) in [4.78, 5) is 2.43. The highest BCUT2D eigenvalue weighted by molar-refractivity contribution is 7.80. The molecule has 1 saturated heterocycles. The molecule has 0 unspecified atom stereocenters. The summed E-state index contributed by atoms with van der Waals surface area (Å²) in [6.07, 6.45) is 2.58. The third-order valence-corrected chi connectivity index (χ3v) is 4.81. The summed E-state index contributed by atoms with van der Waals surface area (Å²) >= 11 is 11.5. The number of hydrogen-bond acceptors (Lipinski definition) is 3. The van der Waals surface area contributed by atoms with Crippen molar-refractivity contribution in [2.75, 3.05) is 30.4 Å². The van der Waals surface area contributed by atoms with Crippen LogP contribution in [0.15, 0.2) is 42.5 Å².